The van der Waals surface area contributed by atoms with Gasteiger partial charge >= 0.3 is 0 Å². The molecule has 0 fully saturated rings. The van der Waals surface area contributed by atoms with Crippen LogP contribution in [0.3, 0.4) is 0 Å². The maximum atomic E-state index is 6.23. The number of aromatic nitrogens is 3. The third-order valence-electron chi connectivity index (χ3n) is 2.94. The molecule has 0 saturated heterocycles. The molecule has 0 aliphatic carbocycles. The van der Waals surface area contributed by atoms with Crippen molar-refractivity contribution in [2.75, 3.05) is 0 Å². The van der Waals surface area contributed by atoms with E-state index in [4.69, 9.17) is 11.6 Å². The van der Waals surface area contributed by atoms with E-state index in [0.29, 0.717) is 11.2 Å². The molecule has 0 spiro atoms. The molecule has 2 rings (SSSR count). The van der Waals surface area contributed by atoms with Crippen LogP contribution in [0.15, 0.2) is 17.5 Å². The number of thiophene rings is 1. The SMILES string of the molecule is CCCc1nnc(Cl)n1C(c1cccs1)C(C)C. The number of hydrogen-bond acceptors (Lipinski definition) is 3. The Kier molecular flexibility index (Phi) is 4.40. The van der Waals surface area contributed by atoms with Crippen LogP contribution in [0.25, 0.3) is 0 Å². The van der Waals surface area contributed by atoms with E-state index < -0.39 is 0 Å². The van der Waals surface area contributed by atoms with Gasteiger partial charge in [0.1, 0.15) is 5.82 Å². The second-order valence-corrected chi connectivity index (χ2v) is 6.03. The molecule has 0 aliphatic rings. The summed E-state index contributed by atoms with van der Waals surface area (Å²) in [6.07, 6.45) is 1.96. The highest BCUT2D eigenvalue weighted by Crippen LogP contribution is 2.33. The molecule has 1 atom stereocenters. The minimum atomic E-state index is 0.231. The molecule has 0 aromatic carbocycles. The van der Waals surface area contributed by atoms with Gasteiger partial charge in [0, 0.05) is 11.3 Å². The van der Waals surface area contributed by atoms with Crippen molar-refractivity contribution < 1.29 is 0 Å². The van der Waals surface area contributed by atoms with Crippen molar-refractivity contribution in [1.82, 2.24) is 14.8 Å². The van der Waals surface area contributed by atoms with Crippen molar-refractivity contribution in [3.8, 4) is 0 Å². The van der Waals surface area contributed by atoms with Gasteiger partial charge in [-0.15, -0.1) is 21.5 Å². The topological polar surface area (TPSA) is 30.7 Å². The van der Waals surface area contributed by atoms with Crippen LogP contribution in [0.5, 0.6) is 0 Å². The Hall–Kier alpha value is -0.870. The van der Waals surface area contributed by atoms with Gasteiger partial charge in [0.2, 0.25) is 5.28 Å². The standard InChI is InChI=1S/C13H18ClN3S/c1-4-6-11-15-16-13(14)17(11)12(9(2)3)10-7-5-8-18-10/h5,7-9,12H,4,6H2,1-3H3. The molecular formula is C13H18ClN3S. The van der Waals surface area contributed by atoms with Crippen LogP contribution in [-0.2, 0) is 6.42 Å². The lowest BCUT2D eigenvalue weighted by molar-refractivity contribution is 0.429. The molecule has 0 aliphatic heterocycles. The van der Waals surface area contributed by atoms with Crippen LogP contribution >= 0.6 is 22.9 Å². The Balaban J connectivity index is 2.46. The first-order chi connectivity index (χ1) is 8.65. The lowest BCUT2D eigenvalue weighted by Crippen LogP contribution is -2.18. The maximum Gasteiger partial charge on any atom is 0.225 e. The first-order valence-electron chi connectivity index (χ1n) is 6.27. The Labute approximate surface area is 117 Å². The molecule has 98 valence electrons. The molecule has 2 aromatic heterocycles. The number of aryl methyl sites for hydroxylation is 1. The van der Waals surface area contributed by atoms with Gasteiger partial charge < -0.3 is 0 Å². The molecule has 0 amide bonds. The molecule has 0 saturated carbocycles. The van der Waals surface area contributed by atoms with Crippen molar-refractivity contribution in [1.29, 1.82) is 0 Å². The molecular weight excluding hydrogens is 266 g/mol. The van der Waals surface area contributed by atoms with Gasteiger partial charge in [-0.3, -0.25) is 4.57 Å². The first kappa shape index (κ1) is 13.6. The van der Waals surface area contributed by atoms with Crippen LogP contribution in [0.1, 0.15) is 43.9 Å². The third kappa shape index (κ3) is 2.59. The monoisotopic (exact) mass is 283 g/mol. The third-order valence-corrected chi connectivity index (χ3v) is 4.14. The van der Waals surface area contributed by atoms with E-state index in [2.05, 4.69) is 53.0 Å². The summed E-state index contributed by atoms with van der Waals surface area (Å²) in [5.74, 6) is 1.43. The van der Waals surface area contributed by atoms with E-state index in [9.17, 15) is 0 Å². The fraction of sp³-hybridized carbons (Fsp3) is 0.538. The average molecular weight is 284 g/mol. The Bertz CT molecular complexity index is 490. The lowest BCUT2D eigenvalue weighted by Gasteiger charge is -2.23. The molecule has 0 radical (unpaired) electrons. The molecule has 1 unspecified atom stereocenters. The fourth-order valence-corrected chi connectivity index (χ4v) is 3.41. The van der Waals surface area contributed by atoms with Gasteiger partial charge in [0.15, 0.2) is 0 Å². The zero-order chi connectivity index (χ0) is 13.1. The first-order valence-corrected chi connectivity index (χ1v) is 7.53. The second-order valence-electron chi connectivity index (χ2n) is 4.71. The summed E-state index contributed by atoms with van der Waals surface area (Å²) in [7, 11) is 0. The van der Waals surface area contributed by atoms with Gasteiger partial charge in [-0.05, 0) is 35.4 Å². The minimum absolute atomic E-state index is 0.231. The average Bonchev–Trinajstić information content (AvgIpc) is 2.94. The highest BCUT2D eigenvalue weighted by atomic mass is 35.5. The highest BCUT2D eigenvalue weighted by Gasteiger charge is 2.24. The van der Waals surface area contributed by atoms with Crippen LogP contribution in [0.2, 0.25) is 5.28 Å². The van der Waals surface area contributed by atoms with E-state index in [1.165, 1.54) is 4.88 Å². The van der Waals surface area contributed by atoms with Gasteiger partial charge in [-0.25, -0.2) is 0 Å². The van der Waals surface area contributed by atoms with Gasteiger partial charge in [0.25, 0.3) is 0 Å². The fourth-order valence-electron chi connectivity index (χ4n) is 2.18. The number of hydrogen-bond donors (Lipinski definition) is 0. The number of rotatable bonds is 5. The Morgan fingerprint density at radius 1 is 1.39 bits per heavy atom. The van der Waals surface area contributed by atoms with E-state index in [1.807, 2.05) is 0 Å². The van der Waals surface area contributed by atoms with Crippen molar-refractivity contribution >= 4 is 22.9 Å². The molecule has 18 heavy (non-hydrogen) atoms. The van der Waals surface area contributed by atoms with Crippen LogP contribution in [0.4, 0.5) is 0 Å². The largest absolute Gasteiger partial charge is 0.293 e. The summed E-state index contributed by atoms with van der Waals surface area (Å²) in [5, 5.41) is 10.8. The van der Waals surface area contributed by atoms with Gasteiger partial charge in [0.05, 0.1) is 6.04 Å². The summed E-state index contributed by atoms with van der Waals surface area (Å²) >= 11 is 7.99. The van der Waals surface area contributed by atoms with E-state index in [1.54, 1.807) is 11.3 Å². The van der Waals surface area contributed by atoms with Crippen molar-refractivity contribution in [3.63, 3.8) is 0 Å². The van der Waals surface area contributed by atoms with E-state index >= 15 is 0 Å². The Morgan fingerprint density at radius 3 is 2.72 bits per heavy atom. The van der Waals surface area contributed by atoms with E-state index in [-0.39, 0.29) is 6.04 Å². The predicted molar refractivity (Wildman–Crippen MR) is 76.3 cm³/mol. The number of nitrogens with zero attached hydrogens (tertiary/aromatic N) is 3. The van der Waals surface area contributed by atoms with Crippen molar-refractivity contribution in [2.45, 2.75) is 39.7 Å². The van der Waals surface area contributed by atoms with Crippen LogP contribution in [0, 0.1) is 5.92 Å². The second kappa shape index (κ2) is 5.85. The summed E-state index contributed by atoms with van der Waals surface area (Å²) < 4.78 is 2.08. The van der Waals surface area contributed by atoms with Gasteiger partial charge in [-0.1, -0.05) is 26.8 Å². The molecule has 5 heteroatoms. The van der Waals surface area contributed by atoms with Crippen LogP contribution in [-0.4, -0.2) is 14.8 Å². The van der Waals surface area contributed by atoms with Crippen molar-refractivity contribution in [3.05, 3.63) is 33.5 Å². The molecule has 3 nitrogen and oxygen atoms in total. The quantitative estimate of drug-likeness (QED) is 0.824. The van der Waals surface area contributed by atoms with Crippen molar-refractivity contribution in [2.24, 2.45) is 5.92 Å². The summed E-state index contributed by atoms with van der Waals surface area (Å²) in [6.45, 7) is 6.55. The molecule has 0 N–H and O–H groups in total. The smallest absolute Gasteiger partial charge is 0.225 e. The summed E-state index contributed by atoms with van der Waals surface area (Å²) in [4.78, 5) is 1.31. The molecule has 0 bridgehead atoms. The summed E-state index contributed by atoms with van der Waals surface area (Å²) in [5.41, 5.74) is 0. The highest BCUT2D eigenvalue weighted by molar-refractivity contribution is 7.10. The maximum absolute atomic E-state index is 6.23. The van der Waals surface area contributed by atoms with Crippen LogP contribution < -0.4 is 0 Å². The van der Waals surface area contributed by atoms with Gasteiger partial charge in [-0.2, -0.15) is 0 Å². The normalized spacial score (nSPS) is 13.2. The number of halogens is 1. The summed E-state index contributed by atoms with van der Waals surface area (Å²) in [6, 6.07) is 4.46. The zero-order valence-electron chi connectivity index (χ0n) is 10.9. The Morgan fingerprint density at radius 2 is 2.17 bits per heavy atom. The zero-order valence-corrected chi connectivity index (χ0v) is 12.5. The minimum Gasteiger partial charge on any atom is -0.293 e. The predicted octanol–water partition coefficient (Wildman–Crippen LogP) is 4.19. The molecule has 2 aromatic rings. The van der Waals surface area contributed by atoms with E-state index in [0.717, 1.165) is 18.7 Å². The lowest BCUT2D eigenvalue weighted by atomic mass is 10.0. The molecule has 2 heterocycles.